The number of alkyl halides is 2. The van der Waals surface area contributed by atoms with Crippen molar-refractivity contribution in [2.75, 3.05) is 6.61 Å². The monoisotopic (exact) mass is 413 g/mol. The van der Waals surface area contributed by atoms with Crippen molar-refractivity contribution in [3.63, 3.8) is 0 Å². The van der Waals surface area contributed by atoms with E-state index in [2.05, 4.69) is 12.2 Å². The Morgan fingerprint density at radius 1 is 1.10 bits per heavy atom. The van der Waals surface area contributed by atoms with E-state index >= 15 is 0 Å². The van der Waals surface area contributed by atoms with Crippen LogP contribution in [0, 0.1) is 23.1 Å². The zero-order valence-corrected chi connectivity index (χ0v) is 17.1. The van der Waals surface area contributed by atoms with Crippen LogP contribution in [0.25, 0.3) is 0 Å². The molecular formula is C25H26F3NO. The van der Waals surface area contributed by atoms with Crippen molar-refractivity contribution in [3.8, 4) is 6.07 Å². The molecule has 1 saturated carbocycles. The number of nitrogens with zero attached hydrogens (tertiary/aromatic N) is 1. The molecule has 0 amide bonds. The van der Waals surface area contributed by atoms with Crippen molar-refractivity contribution in [3.05, 3.63) is 82.7 Å². The lowest BCUT2D eigenvalue weighted by atomic mass is 9.78. The second kappa shape index (κ2) is 9.95. The molecule has 0 N–H and O–H groups in total. The largest absolute Gasteiger partial charge is 0.383 e. The van der Waals surface area contributed by atoms with Crippen LogP contribution < -0.4 is 0 Å². The van der Waals surface area contributed by atoms with E-state index in [4.69, 9.17) is 10.00 Å². The Balaban J connectivity index is 1.54. The third kappa shape index (κ3) is 5.52. The first-order valence-corrected chi connectivity index (χ1v) is 10.4. The van der Waals surface area contributed by atoms with Crippen molar-refractivity contribution in [1.82, 2.24) is 0 Å². The minimum atomic E-state index is -3.41. The van der Waals surface area contributed by atoms with Gasteiger partial charge in [-0.3, -0.25) is 0 Å². The summed E-state index contributed by atoms with van der Waals surface area (Å²) in [7, 11) is 0. The Morgan fingerprint density at radius 2 is 1.80 bits per heavy atom. The summed E-state index contributed by atoms with van der Waals surface area (Å²) in [6, 6.07) is 12.2. The van der Waals surface area contributed by atoms with Gasteiger partial charge in [0.2, 0.25) is 0 Å². The van der Waals surface area contributed by atoms with Gasteiger partial charge >= 0.3 is 6.11 Å². The molecule has 158 valence electrons. The maximum absolute atomic E-state index is 14.4. The van der Waals surface area contributed by atoms with Crippen LogP contribution >= 0.6 is 0 Å². The van der Waals surface area contributed by atoms with Gasteiger partial charge in [-0.2, -0.15) is 14.0 Å². The first-order valence-electron chi connectivity index (χ1n) is 10.4. The molecule has 1 aliphatic carbocycles. The highest BCUT2D eigenvalue weighted by Crippen LogP contribution is 2.37. The van der Waals surface area contributed by atoms with Gasteiger partial charge in [0.25, 0.3) is 0 Å². The van der Waals surface area contributed by atoms with E-state index in [9.17, 15) is 13.2 Å². The van der Waals surface area contributed by atoms with Gasteiger partial charge in [-0.1, -0.05) is 42.5 Å². The maximum atomic E-state index is 14.4. The fraction of sp³-hybridized carbons (Fsp3) is 0.400. The Labute approximate surface area is 176 Å². The van der Waals surface area contributed by atoms with E-state index in [-0.39, 0.29) is 24.2 Å². The molecule has 5 heteroatoms. The zero-order valence-electron chi connectivity index (χ0n) is 17.1. The molecule has 2 aromatic carbocycles. The van der Waals surface area contributed by atoms with Crippen LogP contribution in [0.4, 0.5) is 13.2 Å². The summed E-state index contributed by atoms with van der Waals surface area (Å²) < 4.78 is 47.3. The quantitative estimate of drug-likeness (QED) is 0.465. The highest BCUT2D eigenvalue weighted by Gasteiger charge is 2.33. The van der Waals surface area contributed by atoms with Gasteiger partial charge in [-0.25, -0.2) is 4.39 Å². The fourth-order valence-corrected chi connectivity index (χ4v) is 4.05. The molecule has 0 heterocycles. The summed E-state index contributed by atoms with van der Waals surface area (Å²) >= 11 is 0. The van der Waals surface area contributed by atoms with Crippen molar-refractivity contribution < 1.29 is 17.9 Å². The van der Waals surface area contributed by atoms with Gasteiger partial charge in [0.15, 0.2) is 0 Å². The molecule has 0 bridgehead atoms. The highest BCUT2D eigenvalue weighted by atomic mass is 19.3. The molecule has 0 radical (unpaired) electrons. The Kier molecular flexibility index (Phi) is 7.33. The number of hydrogen-bond donors (Lipinski definition) is 0. The van der Waals surface area contributed by atoms with E-state index < -0.39 is 11.9 Å². The van der Waals surface area contributed by atoms with Crippen LogP contribution in [-0.4, -0.2) is 6.61 Å². The van der Waals surface area contributed by atoms with Crippen LogP contribution in [0.5, 0.6) is 0 Å². The van der Waals surface area contributed by atoms with Gasteiger partial charge in [-0.15, -0.1) is 0 Å². The smallest absolute Gasteiger partial charge is 0.316 e. The number of benzene rings is 2. The van der Waals surface area contributed by atoms with Gasteiger partial charge in [0.1, 0.15) is 11.9 Å². The second-order valence-corrected chi connectivity index (χ2v) is 7.80. The standard InChI is InChI=1S/C25H26F3NO/c1-2-3-18-4-7-20(8-5-18)21-10-12-23(13-11-21)25(27,28)30-15-14-19-6-9-22(17-29)24(26)16-19/h2-3,6,9-13,16,18,20H,4-5,7-8,14-15H2,1H3/b3-2+/t18-,20-. The topological polar surface area (TPSA) is 33.0 Å². The van der Waals surface area contributed by atoms with Crippen molar-refractivity contribution in [2.24, 2.45) is 5.92 Å². The van der Waals surface area contributed by atoms with Gasteiger partial charge in [-0.05, 0) is 74.1 Å². The summed E-state index contributed by atoms with van der Waals surface area (Å²) in [5.41, 5.74) is 1.35. The summed E-state index contributed by atoms with van der Waals surface area (Å²) in [6.45, 7) is 1.78. The molecule has 0 unspecified atom stereocenters. The molecule has 2 aromatic rings. The Bertz CT molecular complexity index is 907. The minimum absolute atomic E-state index is 0.0691. The molecular weight excluding hydrogens is 387 g/mol. The summed E-state index contributed by atoms with van der Waals surface area (Å²) in [5, 5.41) is 8.74. The van der Waals surface area contributed by atoms with E-state index in [1.165, 1.54) is 24.3 Å². The molecule has 30 heavy (non-hydrogen) atoms. The molecule has 0 spiro atoms. The third-order valence-corrected chi connectivity index (χ3v) is 5.78. The van der Waals surface area contributed by atoms with E-state index in [1.54, 1.807) is 24.3 Å². The number of ether oxygens (including phenoxy) is 1. The second-order valence-electron chi connectivity index (χ2n) is 7.80. The highest BCUT2D eigenvalue weighted by molar-refractivity contribution is 5.33. The van der Waals surface area contributed by atoms with Gasteiger partial charge in [0.05, 0.1) is 17.7 Å². The lowest BCUT2D eigenvalue weighted by molar-refractivity contribution is -0.248. The number of halogens is 3. The summed E-state index contributed by atoms with van der Waals surface area (Å²) in [5.74, 6) is 0.395. The normalized spacial score (nSPS) is 19.7. The average Bonchev–Trinajstić information content (AvgIpc) is 2.75. The van der Waals surface area contributed by atoms with Crippen molar-refractivity contribution >= 4 is 0 Å². The molecule has 0 aromatic heterocycles. The third-order valence-electron chi connectivity index (χ3n) is 5.78. The lowest BCUT2D eigenvalue weighted by Gasteiger charge is -2.27. The average molecular weight is 413 g/mol. The maximum Gasteiger partial charge on any atom is 0.383 e. The minimum Gasteiger partial charge on any atom is -0.316 e. The molecule has 1 fully saturated rings. The van der Waals surface area contributed by atoms with E-state index in [0.717, 1.165) is 31.2 Å². The first-order chi connectivity index (χ1) is 14.4. The lowest BCUT2D eigenvalue weighted by Crippen LogP contribution is -2.20. The van der Waals surface area contributed by atoms with Crippen LogP contribution in [0.15, 0.2) is 54.6 Å². The number of rotatable bonds is 7. The summed E-state index contributed by atoms with van der Waals surface area (Å²) in [4.78, 5) is 0. The molecule has 0 saturated heterocycles. The molecule has 0 aliphatic heterocycles. The van der Waals surface area contributed by atoms with Gasteiger partial charge in [0, 0.05) is 0 Å². The molecule has 2 nitrogen and oxygen atoms in total. The fourth-order valence-electron chi connectivity index (χ4n) is 4.05. The van der Waals surface area contributed by atoms with Gasteiger partial charge < -0.3 is 4.74 Å². The van der Waals surface area contributed by atoms with Crippen molar-refractivity contribution in [2.45, 2.75) is 51.1 Å². The predicted molar refractivity (Wildman–Crippen MR) is 111 cm³/mol. The van der Waals surface area contributed by atoms with E-state index in [1.807, 2.05) is 6.92 Å². The summed E-state index contributed by atoms with van der Waals surface area (Å²) in [6.07, 6.45) is 5.48. The SMILES string of the molecule is C/C=C/[C@H]1CC[C@H](c2ccc(C(F)(F)OCCc3ccc(C#N)c(F)c3)cc2)CC1. The Hall–Kier alpha value is -2.58. The Morgan fingerprint density at radius 3 is 2.40 bits per heavy atom. The first kappa shape index (κ1) is 22.1. The number of nitriles is 1. The van der Waals surface area contributed by atoms with Crippen LogP contribution in [0.1, 0.15) is 60.8 Å². The van der Waals surface area contributed by atoms with Crippen LogP contribution in [0.3, 0.4) is 0 Å². The number of allylic oxidation sites excluding steroid dienone is 2. The predicted octanol–water partition coefficient (Wildman–Crippen LogP) is 6.86. The molecule has 3 rings (SSSR count). The van der Waals surface area contributed by atoms with Crippen molar-refractivity contribution in [1.29, 1.82) is 5.26 Å². The van der Waals surface area contributed by atoms with Crippen LogP contribution in [0.2, 0.25) is 0 Å². The number of hydrogen-bond acceptors (Lipinski definition) is 2. The van der Waals surface area contributed by atoms with Crippen LogP contribution in [-0.2, 0) is 17.3 Å². The zero-order chi connectivity index (χ0) is 21.6. The van der Waals surface area contributed by atoms with E-state index in [0.29, 0.717) is 17.4 Å². The molecule has 0 atom stereocenters. The molecule has 1 aliphatic rings.